The second-order valence-electron chi connectivity index (χ2n) is 9.66. The molecule has 3 aromatic carbocycles. The summed E-state index contributed by atoms with van der Waals surface area (Å²) in [4.78, 5) is 28.7. The van der Waals surface area contributed by atoms with Gasteiger partial charge < -0.3 is 20.3 Å². The van der Waals surface area contributed by atoms with Gasteiger partial charge in [-0.3, -0.25) is 9.59 Å². The van der Waals surface area contributed by atoms with Gasteiger partial charge in [0.05, 0.1) is 12.7 Å². The average molecular weight is 484 g/mol. The standard InChI is InChI=1S/C30H33N3O3/c1-36-26-14-11-22(12-15-26)29(34)32-25-13-16-28(33-18-17-21-7-5-6-8-23(21)20-33)27(19-25)30(35)31-24-9-3-2-4-10-24/h5-8,11-16,19,24H,2-4,9-10,17-18,20H2,1H3,(H,31,35)(H,32,34). The summed E-state index contributed by atoms with van der Waals surface area (Å²) in [6.45, 7) is 1.61. The Morgan fingerprint density at radius 1 is 0.889 bits per heavy atom. The van der Waals surface area contributed by atoms with E-state index >= 15 is 0 Å². The minimum atomic E-state index is -0.226. The van der Waals surface area contributed by atoms with Crippen molar-refractivity contribution in [3.8, 4) is 5.75 Å². The third kappa shape index (κ3) is 5.38. The van der Waals surface area contributed by atoms with E-state index in [0.29, 0.717) is 22.6 Å². The summed E-state index contributed by atoms with van der Waals surface area (Å²) in [7, 11) is 1.59. The van der Waals surface area contributed by atoms with E-state index in [1.165, 1.54) is 17.5 Å². The summed E-state index contributed by atoms with van der Waals surface area (Å²) in [5.41, 5.74) is 5.30. The first-order valence-electron chi connectivity index (χ1n) is 12.8. The molecule has 1 saturated carbocycles. The van der Waals surface area contributed by atoms with Crippen molar-refractivity contribution in [3.63, 3.8) is 0 Å². The first-order chi connectivity index (χ1) is 17.6. The predicted octanol–water partition coefficient (Wildman–Crippen LogP) is 5.57. The highest BCUT2D eigenvalue weighted by Gasteiger charge is 2.24. The number of hydrogen-bond donors (Lipinski definition) is 2. The second kappa shape index (κ2) is 10.9. The number of hydrogen-bond acceptors (Lipinski definition) is 4. The lowest BCUT2D eigenvalue weighted by Gasteiger charge is -2.32. The van der Waals surface area contributed by atoms with Gasteiger partial charge in [-0.15, -0.1) is 0 Å². The zero-order valence-corrected chi connectivity index (χ0v) is 20.8. The topological polar surface area (TPSA) is 70.7 Å². The van der Waals surface area contributed by atoms with Crippen molar-refractivity contribution in [3.05, 3.63) is 89.0 Å². The van der Waals surface area contributed by atoms with E-state index in [2.05, 4.69) is 39.8 Å². The third-order valence-electron chi connectivity index (χ3n) is 7.26. The normalized spacial score (nSPS) is 15.6. The van der Waals surface area contributed by atoms with Crippen molar-refractivity contribution in [2.45, 2.75) is 51.1 Å². The maximum Gasteiger partial charge on any atom is 0.255 e. The minimum Gasteiger partial charge on any atom is -0.497 e. The highest BCUT2D eigenvalue weighted by Crippen LogP contribution is 2.30. The summed E-state index contributed by atoms with van der Waals surface area (Å²) < 4.78 is 5.18. The second-order valence-corrected chi connectivity index (χ2v) is 9.66. The number of benzene rings is 3. The van der Waals surface area contributed by atoms with Crippen molar-refractivity contribution in [2.75, 3.05) is 23.9 Å². The number of nitrogens with zero attached hydrogens (tertiary/aromatic N) is 1. The molecule has 0 spiro atoms. The molecule has 0 atom stereocenters. The van der Waals surface area contributed by atoms with E-state index in [4.69, 9.17) is 4.74 Å². The molecule has 2 amide bonds. The van der Waals surface area contributed by atoms with Gasteiger partial charge in [-0.1, -0.05) is 43.5 Å². The predicted molar refractivity (Wildman–Crippen MR) is 143 cm³/mol. The van der Waals surface area contributed by atoms with Gasteiger partial charge in [-0.2, -0.15) is 0 Å². The zero-order valence-electron chi connectivity index (χ0n) is 20.8. The Balaban J connectivity index is 1.41. The number of nitrogens with one attached hydrogen (secondary N) is 2. The van der Waals surface area contributed by atoms with Gasteiger partial charge in [0, 0.05) is 36.1 Å². The molecule has 6 heteroatoms. The fraction of sp³-hybridized carbons (Fsp3) is 0.333. The van der Waals surface area contributed by atoms with Gasteiger partial charge in [0.25, 0.3) is 11.8 Å². The molecule has 0 bridgehead atoms. The van der Waals surface area contributed by atoms with E-state index in [0.717, 1.165) is 50.9 Å². The van der Waals surface area contributed by atoms with Crippen LogP contribution in [0.1, 0.15) is 63.9 Å². The van der Waals surface area contributed by atoms with Crippen LogP contribution in [-0.2, 0) is 13.0 Å². The van der Waals surface area contributed by atoms with Gasteiger partial charge in [0.1, 0.15) is 5.75 Å². The molecular formula is C30H33N3O3. The highest BCUT2D eigenvalue weighted by molar-refractivity contribution is 6.06. The Hall–Kier alpha value is -3.80. The number of carbonyl (C=O) groups excluding carboxylic acids is 2. The molecule has 0 saturated heterocycles. The largest absolute Gasteiger partial charge is 0.497 e. The van der Waals surface area contributed by atoms with Crippen LogP contribution >= 0.6 is 0 Å². The molecule has 36 heavy (non-hydrogen) atoms. The molecule has 2 aliphatic rings. The monoisotopic (exact) mass is 483 g/mol. The molecule has 0 unspecified atom stereocenters. The fourth-order valence-electron chi connectivity index (χ4n) is 5.23. The van der Waals surface area contributed by atoms with Crippen LogP contribution in [0, 0.1) is 0 Å². The van der Waals surface area contributed by atoms with Gasteiger partial charge in [0.2, 0.25) is 0 Å². The quantitative estimate of drug-likeness (QED) is 0.481. The van der Waals surface area contributed by atoms with E-state index in [1.54, 1.807) is 31.4 Å². The van der Waals surface area contributed by atoms with Crippen LogP contribution in [0.2, 0.25) is 0 Å². The lowest BCUT2D eigenvalue weighted by Crippen LogP contribution is -2.38. The van der Waals surface area contributed by atoms with E-state index in [-0.39, 0.29) is 17.9 Å². The zero-order chi connectivity index (χ0) is 24.9. The molecule has 1 aliphatic carbocycles. The Kier molecular flexibility index (Phi) is 7.21. The molecule has 1 fully saturated rings. The number of rotatable bonds is 6. The Labute approximate surface area is 212 Å². The third-order valence-corrected chi connectivity index (χ3v) is 7.26. The summed E-state index contributed by atoms with van der Waals surface area (Å²) in [5.74, 6) is 0.396. The molecule has 0 radical (unpaired) electrons. The lowest BCUT2D eigenvalue weighted by molar-refractivity contribution is 0.0927. The van der Waals surface area contributed by atoms with Crippen LogP contribution in [0.25, 0.3) is 0 Å². The minimum absolute atomic E-state index is 0.0729. The van der Waals surface area contributed by atoms with E-state index in [1.807, 2.05) is 18.2 Å². The number of amides is 2. The number of ether oxygens (including phenoxy) is 1. The maximum atomic E-state index is 13.5. The summed E-state index contributed by atoms with van der Waals surface area (Å²) in [6.07, 6.45) is 6.52. The smallest absolute Gasteiger partial charge is 0.255 e. The summed E-state index contributed by atoms with van der Waals surface area (Å²) >= 11 is 0. The molecule has 5 rings (SSSR count). The first kappa shape index (κ1) is 23.9. The van der Waals surface area contributed by atoms with Gasteiger partial charge in [-0.05, 0) is 72.9 Å². The van der Waals surface area contributed by atoms with Crippen LogP contribution in [-0.4, -0.2) is 31.5 Å². The first-order valence-corrected chi connectivity index (χ1v) is 12.8. The van der Waals surface area contributed by atoms with Gasteiger partial charge in [0.15, 0.2) is 0 Å². The van der Waals surface area contributed by atoms with Gasteiger partial charge >= 0.3 is 0 Å². The number of anilines is 2. The lowest BCUT2D eigenvalue weighted by atomic mass is 9.95. The molecule has 6 nitrogen and oxygen atoms in total. The van der Waals surface area contributed by atoms with Crippen LogP contribution in [0.3, 0.4) is 0 Å². The number of carbonyl (C=O) groups is 2. The Bertz CT molecular complexity index is 1230. The van der Waals surface area contributed by atoms with Gasteiger partial charge in [-0.25, -0.2) is 0 Å². The SMILES string of the molecule is COc1ccc(C(=O)Nc2ccc(N3CCc4ccccc4C3)c(C(=O)NC3CCCCC3)c2)cc1. The average Bonchev–Trinajstić information content (AvgIpc) is 2.93. The van der Waals surface area contributed by atoms with Crippen molar-refractivity contribution >= 4 is 23.2 Å². The Morgan fingerprint density at radius 3 is 2.39 bits per heavy atom. The molecule has 2 N–H and O–H groups in total. The van der Waals surface area contributed by atoms with Crippen LogP contribution in [0.15, 0.2) is 66.7 Å². The number of fused-ring (bicyclic) bond motifs is 1. The fourth-order valence-corrected chi connectivity index (χ4v) is 5.23. The van der Waals surface area contributed by atoms with Crippen LogP contribution in [0.4, 0.5) is 11.4 Å². The van der Waals surface area contributed by atoms with Crippen molar-refractivity contribution < 1.29 is 14.3 Å². The number of methoxy groups -OCH3 is 1. The molecule has 1 heterocycles. The maximum absolute atomic E-state index is 13.5. The highest BCUT2D eigenvalue weighted by atomic mass is 16.5. The molecule has 186 valence electrons. The van der Waals surface area contributed by atoms with Crippen LogP contribution in [0.5, 0.6) is 5.75 Å². The van der Waals surface area contributed by atoms with Crippen LogP contribution < -0.4 is 20.3 Å². The molecular weight excluding hydrogens is 450 g/mol. The van der Waals surface area contributed by atoms with Crippen molar-refractivity contribution in [1.29, 1.82) is 0 Å². The van der Waals surface area contributed by atoms with E-state index < -0.39 is 0 Å². The summed E-state index contributed by atoms with van der Waals surface area (Å²) in [6, 6.07) is 21.3. The molecule has 3 aromatic rings. The Morgan fingerprint density at radius 2 is 1.64 bits per heavy atom. The summed E-state index contributed by atoms with van der Waals surface area (Å²) in [5, 5.41) is 6.23. The van der Waals surface area contributed by atoms with Crippen molar-refractivity contribution in [2.24, 2.45) is 0 Å². The van der Waals surface area contributed by atoms with E-state index in [9.17, 15) is 9.59 Å². The molecule has 1 aliphatic heterocycles. The van der Waals surface area contributed by atoms with Crippen molar-refractivity contribution in [1.82, 2.24) is 5.32 Å². The molecule has 0 aromatic heterocycles.